The fraction of sp³-hybridized carbons (Fsp3) is 0.957. The number of hydrogen-bond donors (Lipinski definition) is 9. The summed E-state index contributed by atoms with van der Waals surface area (Å²) in [7, 11) is 0. The zero-order chi connectivity index (χ0) is 29.0. The first-order valence-corrected chi connectivity index (χ1v) is 12.9. The monoisotopic (exact) mass is 571 g/mol. The van der Waals surface area contributed by atoms with Crippen LogP contribution in [0.5, 0.6) is 0 Å². The predicted molar refractivity (Wildman–Crippen MR) is 125 cm³/mol. The van der Waals surface area contributed by atoms with Gasteiger partial charge in [0.25, 0.3) is 0 Å². The summed E-state index contributed by atoms with van der Waals surface area (Å²) in [6.07, 6.45) is -20.0. The third-order valence-electron chi connectivity index (χ3n) is 6.93. The maximum absolute atomic E-state index is 11.8. The molecule has 1 amide bonds. The van der Waals surface area contributed by atoms with Crippen LogP contribution >= 0.6 is 0 Å². The molecule has 3 heterocycles. The second kappa shape index (κ2) is 14.2. The molecule has 0 bridgehead atoms. The molecule has 3 saturated heterocycles. The highest BCUT2D eigenvalue weighted by molar-refractivity contribution is 5.73. The Bertz CT molecular complexity index is 776. The highest BCUT2D eigenvalue weighted by atomic mass is 16.8. The first kappa shape index (κ1) is 32.4. The van der Waals surface area contributed by atoms with Crippen molar-refractivity contribution in [2.75, 3.05) is 19.8 Å². The van der Waals surface area contributed by atoms with Crippen LogP contribution in [0, 0.1) is 0 Å². The fourth-order valence-corrected chi connectivity index (χ4v) is 4.73. The summed E-state index contributed by atoms with van der Waals surface area (Å²) in [5.41, 5.74) is 0. The third kappa shape index (κ3) is 7.22. The molecule has 0 aromatic heterocycles. The van der Waals surface area contributed by atoms with Crippen molar-refractivity contribution < 1.29 is 74.1 Å². The van der Waals surface area contributed by atoms with Crippen LogP contribution in [0.1, 0.15) is 27.2 Å². The topological polar surface area (TPSA) is 246 Å². The Morgan fingerprint density at radius 2 is 1.31 bits per heavy atom. The Morgan fingerprint density at radius 1 is 0.744 bits per heavy atom. The lowest BCUT2D eigenvalue weighted by Gasteiger charge is -2.49. The zero-order valence-corrected chi connectivity index (χ0v) is 21.9. The van der Waals surface area contributed by atoms with Crippen LogP contribution in [-0.4, -0.2) is 159 Å². The molecule has 0 aromatic rings. The Morgan fingerprint density at radius 3 is 1.87 bits per heavy atom. The second-order valence-corrected chi connectivity index (χ2v) is 9.90. The Kier molecular flexibility index (Phi) is 11.8. The van der Waals surface area contributed by atoms with E-state index in [0.29, 0.717) is 6.42 Å². The van der Waals surface area contributed by atoms with E-state index >= 15 is 0 Å². The number of carbonyl (C=O) groups excluding carboxylic acids is 1. The van der Waals surface area contributed by atoms with Gasteiger partial charge in [-0.2, -0.15) is 0 Å². The van der Waals surface area contributed by atoms with E-state index in [2.05, 4.69) is 5.32 Å². The molecule has 0 aromatic carbocycles. The summed E-state index contributed by atoms with van der Waals surface area (Å²) >= 11 is 0. The lowest BCUT2D eigenvalue weighted by molar-refractivity contribution is -0.383. The van der Waals surface area contributed by atoms with Crippen LogP contribution in [0.2, 0.25) is 0 Å². The quantitative estimate of drug-likeness (QED) is 0.119. The van der Waals surface area contributed by atoms with E-state index in [1.165, 1.54) is 13.8 Å². The van der Waals surface area contributed by atoms with Gasteiger partial charge >= 0.3 is 0 Å². The van der Waals surface area contributed by atoms with Gasteiger partial charge in [0, 0.05) is 13.5 Å². The third-order valence-corrected chi connectivity index (χ3v) is 6.93. The fourth-order valence-electron chi connectivity index (χ4n) is 4.73. The van der Waals surface area contributed by atoms with E-state index in [4.69, 9.17) is 28.4 Å². The van der Waals surface area contributed by atoms with Gasteiger partial charge in [0.05, 0.1) is 19.3 Å². The van der Waals surface area contributed by atoms with Crippen molar-refractivity contribution in [3.8, 4) is 0 Å². The molecule has 3 rings (SSSR count). The van der Waals surface area contributed by atoms with Crippen molar-refractivity contribution in [1.82, 2.24) is 5.32 Å². The van der Waals surface area contributed by atoms with Crippen molar-refractivity contribution in [2.45, 2.75) is 119 Å². The van der Waals surface area contributed by atoms with Crippen LogP contribution in [0.4, 0.5) is 0 Å². The highest BCUT2D eigenvalue weighted by Crippen LogP contribution is 2.33. The van der Waals surface area contributed by atoms with Crippen LogP contribution < -0.4 is 5.32 Å². The summed E-state index contributed by atoms with van der Waals surface area (Å²) in [5, 5.41) is 84.4. The molecule has 3 fully saturated rings. The molecular formula is C23H41NO15. The lowest BCUT2D eigenvalue weighted by Crippen LogP contribution is -2.68. The maximum Gasteiger partial charge on any atom is 0.217 e. The molecular weight excluding hydrogens is 530 g/mol. The molecule has 0 saturated carbocycles. The molecule has 0 radical (unpaired) electrons. The molecule has 9 N–H and O–H groups in total. The Hall–Kier alpha value is -1.09. The Balaban J connectivity index is 1.93. The number of aliphatic hydroxyl groups is 8. The van der Waals surface area contributed by atoms with E-state index in [1.807, 2.05) is 6.92 Å². The molecule has 0 aliphatic carbocycles. The first-order valence-electron chi connectivity index (χ1n) is 12.9. The van der Waals surface area contributed by atoms with Crippen molar-refractivity contribution in [2.24, 2.45) is 0 Å². The maximum atomic E-state index is 11.8. The van der Waals surface area contributed by atoms with Gasteiger partial charge in [-0.1, -0.05) is 6.92 Å². The van der Waals surface area contributed by atoms with Crippen LogP contribution in [0.3, 0.4) is 0 Å². The molecule has 228 valence electrons. The first-order chi connectivity index (χ1) is 18.4. The van der Waals surface area contributed by atoms with Crippen LogP contribution in [0.15, 0.2) is 0 Å². The number of amides is 1. The largest absolute Gasteiger partial charge is 0.394 e. The van der Waals surface area contributed by atoms with E-state index in [0.717, 1.165) is 0 Å². The predicted octanol–water partition coefficient (Wildman–Crippen LogP) is -4.97. The summed E-state index contributed by atoms with van der Waals surface area (Å²) < 4.78 is 34.6. The van der Waals surface area contributed by atoms with Gasteiger partial charge in [0.1, 0.15) is 67.1 Å². The number of nitrogens with one attached hydrogen (secondary N) is 1. The van der Waals surface area contributed by atoms with Crippen LogP contribution in [-0.2, 0) is 33.2 Å². The van der Waals surface area contributed by atoms with Gasteiger partial charge in [-0.25, -0.2) is 0 Å². The van der Waals surface area contributed by atoms with Crippen molar-refractivity contribution in [3.63, 3.8) is 0 Å². The minimum atomic E-state index is -1.79. The standard InChI is InChI=1S/C23H41NO15/c1-4-5-34-23-20(39-21-12(24-9(3)27)16(31)14(29)10(6-25)36-21)19(13(28)8(2)35-23)38-22-18(33)17(32)15(30)11(7-26)37-22/h8,10-23,25-26,28-33H,4-7H2,1-3H3,(H,24,27)/t8?,10?,11-,12?,13+,14+,15-,16-,17?,18?,19-,20?,21+,22-,23-/m1/s1. The summed E-state index contributed by atoms with van der Waals surface area (Å²) in [6, 6.07) is -1.34. The zero-order valence-electron chi connectivity index (χ0n) is 21.9. The molecule has 16 nitrogen and oxygen atoms in total. The van der Waals surface area contributed by atoms with E-state index < -0.39 is 111 Å². The molecule has 16 heteroatoms. The smallest absolute Gasteiger partial charge is 0.217 e. The molecule has 0 spiro atoms. The van der Waals surface area contributed by atoms with Gasteiger partial charge < -0.3 is 74.6 Å². The number of ether oxygens (including phenoxy) is 6. The van der Waals surface area contributed by atoms with Crippen molar-refractivity contribution >= 4 is 5.91 Å². The lowest BCUT2D eigenvalue weighted by atomic mass is 9.95. The summed E-state index contributed by atoms with van der Waals surface area (Å²) in [4.78, 5) is 11.8. The number of carbonyl (C=O) groups is 1. The summed E-state index contributed by atoms with van der Waals surface area (Å²) in [6.45, 7) is 3.29. The van der Waals surface area contributed by atoms with Gasteiger partial charge in [-0.3, -0.25) is 4.79 Å². The van der Waals surface area contributed by atoms with Crippen molar-refractivity contribution in [1.29, 1.82) is 0 Å². The molecule has 3 aliphatic rings. The average molecular weight is 572 g/mol. The highest BCUT2D eigenvalue weighted by Gasteiger charge is 2.54. The molecule has 3 aliphatic heterocycles. The van der Waals surface area contributed by atoms with Crippen LogP contribution in [0.25, 0.3) is 0 Å². The number of hydrogen-bond acceptors (Lipinski definition) is 15. The average Bonchev–Trinajstić information content (AvgIpc) is 2.90. The molecule has 39 heavy (non-hydrogen) atoms. The number of rotatable bonds is 10. The molecule has 15 atom stereocenters. The van der Waals surface area contributed by atoms with E-state index in [9.17, 15) is 45.6 Å². The second-order valence-electron chi connectivity index (χ2n) is 9.90. The minimum Gasteiger partial charge on any atom is -0.394 e. The van der Waals surface area contributed by atoms with Crippen molar-refractivity contribution in [3.05, 3.63) is 0 Å². The van der Waals surface area contributed by atoms with Gasteiger partial charge in [0.2, 0.25) is 5.91 Å². The van der Waals surface area contributed by atoms with Gasteiger partial charge in [-0.15, -0.1) is 0 Å². The van der Waals surface area contributed by atoms with E-state index in [-0.39, 0.29) is 6.61 Å². The Labute approximate surface area is 224 Å². The summed E-state index contributed by atoms with van der Waals surface area (Å²) in [5.74, 6) is -0.590. The van der Waals surface area contributed by atoms with E-state index in [1.54, 1.807) is 0 Å². The van der Waals surface area contributed by atoms with Gasteiger partial charge in [0.15, 0.2) is 18.9 Å². The minimum absolute atomic E-state index is 0.182. The van der Waals surface area contributed by atoms with Gasteiger partial charge in [-0.05, 0) is 13.3 Å². The number of aliphatic hydroxyl groups excluding tert-OH is 8. The normalized spacial score (nSPS) is 47.1. The SMILES string of the molecule is CCCO[C@@H]1OC(C)[C@H](O)[C@@H](O[C@H]2O[C@H](CO)[C@@H](O)C(O)C2O)C1O[C@@H]1OC(CO)[C@H](O)[C@H](O)C1NC(C)=O. The molecule has 6 unspecified atom stereocenters.